The first-order chi connectivity index (χ1) is 10.8. The molecule has 1 aromatic carbocycles. The third-order valence-electron chi connectivity index (χ3n) is 3.90. The molecule has 0 atom stereocenters. The second-order valence-electron chi connectivity index (χ2n) is 5.85. The van der Waals surface area contributed by atoms with E-state index in [0.29, 0.717) is 6.54 Å². The molecule has 0 aliphatic carbocycles. The second kappa shape index (κ2) is 8.62. The van der Waals surface area contributed by atoms with E-state index in [0.717, 1.165) is 35.8 Å². The molecule has 130 valence electrons. The van der Waals surface area contributed by atoms with Gasteiger partial charge in [-0.05, 0) is 19.4 Å². The summed E-state index contributed by atoms with van der Waals surface area (Å²) < 4.78 is 5.44. The molecule has 23 heavy (non-hydrogen) atoms. The molecule has 0 unspecified atom stereocenters. The largest absolute Gasteiger partial charge is 0.497 e. The summed E-state index contributed by atoms with van der Waals surface area (Å²) in [4.78, 5) is 15.4. The van der Waals surface area contributed by atoms with Crippen LogP contribution < -0.4 is 15.1 Å². The fourth-order valence-corrected chi connectivity index (χ4v) is 2.35. The van der Waals surface area contributed by atoms with E-state index in [1.807, 2.05) is 38.3 Å². The van der Waals surface area contributed by atoms with E-state index in [1.165, 1.54) is 0 Å². The standard InChI is InChI=1S/C17H30N4O2/c1-8-21(10-9-20(6)14(3)22)17-12-15(23-7)11-16(13(17)2)18-19(4)5/h11-12,18H,8-10H2,1-7H3. The van der Waals surface area contributed by atoms with E-state index in [1.54, 1.807) is 18.9 Å². The number of hydrogen-bond acceptors (Lipinski definition) is 5. The van der Waals surface area contributed by atoms with Crippen molar-refractivity contribution < 1.29 is 9.53 Å². The van der Waals surface area contributed by atoms with Crippen LogP contribution in [0.15, 0.2) is 12.1 Å². The van der Waals surface area contributed by atoms with Crippen LogP contribution in [0.3, 0.4) is 0 Å². The summed E-state index contributed by atoms with van der Waals surface area (Å²) in [6.45, 7) is 8.13. The van der Waals surface area contributed by atoms with Gasteiger partial charge in [0.2, 0.25) is 5.91 Å². The lowest BCUT2D eigenvalue weighted by Crippen LogP contribution is -2.35. The van der Waals surface area contributed by atoms with Gasteiger partial charge in [-0.25, -0.2) is 5.01 Å². The zero-order valence-corrected chi connectivity index (χ0v) is 15.4. The Bertz CT molecular complexity index is 532. The molecule has 0 aliphatic heterocycles. The van der Waals surface area contributed by atoms with Gasteiger partial charge in [-0.3, -0.25) is 4.79 Å². The Labute approximate surface area is 140 Å². The molecular formula is C17H30N4O2. The van der Waals surface area contributed by atoms with E-state index >= 15 is 0 Å². The number of anilines is 2. The highest BCUT2D eigenvalue weighted by Gasteiger charge is 2.14. The Morgan fingerprint density at radius 3 is 2.35 bits per heavy atom. The highest BCUT2D eigenvalue weighted by atomic mass is 16.5. The van der Waals surface area contributed by atoms with Crippen LogP contribution in [0.1, 0.15) is 19.4 Å². The maximum Gasteiger partial charge on any atom is 0.219 e. The van der Waals surface area contributed by atoms with Crippen molar-refractivity contribution in [3.63, 3.8) is 0 Å². The van der Waals surface area contributed by atoms with Crippen LogP contribution in [-0.2, 0) is 4.79 Å². The van der Waals surface area contributed by atoms with Gasteiger partial charge in [0, 0.05) is 65.5 Å². The van der Waals surface area contributed by atoms with E-state index < -0.39 is 0 Å². The number of methoxy groups -OCH3 is 1. The number of nitrogens with one attached hydrogen (secondary N) is 1. The topological polar surface area (TPSA) is 48.1 Å². The maximum atomic E-state index is 11.4. The molecule has 0 radical (unpaired) electrons. The number of amides is 1. The Balaban J connectivity index is 3.08. The average Bonchev–Trinajstić information content (AvgIpc) is 2.49. The summed E-state index contributed by atoms with van der Waals surface area (Å²) in [6.07, 6.45) is 0. The van der Waals surface area contributed by atoms with Crippen molar-refractivity contribution in [3.05, 3.63) is 17.7 Å². The van der Waals surface area contributed by atoms with Crippen molar-refractivity contribution in [1.82, 2.24) is 9.91 Å². The van der Waals surface area contributed by atoms with Crippen LogP contribution in [0.25, 0.3) is 0 Å². The highest BCUT2D eigenvalue weighted by Crippen LogP contribution is 2.32. The van der Waals surface area contributed by atoms with Crippen LogP contribution in [0.5, 0.6) is 5.75 Å². The van der Waals surface area contributed by atoms with Gasteiger partial charge >= 0.3 is 0 Å². The quantitative estimate of drug-likeness (QED) is 0.744. The first-order valence-electron chi connectivity index (χ1n) is 7.89. The van der Waals surface area contributed by atoms with Crippen molar-refractivity contribution in [2.24, 2.45) is 0 Å². The van der Waals surface area contributed by atoms with Gasteiger partial charge in [0.05, 0.1) is 12.8 Å². The molecule has 1 N–H and O–H groups in total. The maximum absolute atomic E-state index is 11.4. The third-order valence-corrected chi connectivity index (χ3v) is 3.90. The van der Waals surface area contributed by atoms with Gasteiger partial charge in [-0.1, -0.05) is 0 Å². The summed E-state index contributed by atoms with van der Waals surface area (Å²) in [5.41, 5.74) is 6.61. The predicted molar refractivity (Wildman–Crippen MR) is 96.2 cm³/mol. The van der Waals surface area contributed by atoms with Crippen LogP contribution in [0.4, 0.5) is 11.4 Å². The molecule has 0 saturated carbocycles. The van der Waals surface area contributed by atoms with Crippen LogP contribution in [0, 0.1) is 6.92 Å². The van der Waals surface area contributed by atoms with Crippen molar-refractivity contribution >= 4 is 17.3 Å². The minimum Gasteiger partial charge on any atom is -0.497 e. The van der Waals surface area contributed by atoms with E-state index in [-0.39, 0.29) is 5.91 Å². The molecule has 6 heteroatoms. The molecule has 6 nitrogen and oxygen atoms in total. The molecule has 1 rings (SSSR count). The normalized spacial score (nSPS) is 10.6. The van der Waals surface area contributed by atoms with E-state index in [4.69, 9.17) is 4.74 Å². The first kappa shape index (κ1) is 19.1. The number of ether oxygens (including phenoxy) is 1. The van der Waals surface area contributed by atoms with Gasteiger partial charge in [-0.15, -0.1) is 0 Å². The summed E-state index contributed by atoms with van der Waals surface area (Å²) >= 11 is 0. The van der Waals surface area contributed by atoms with Crippen molar-refractivity contribution in [3.8, 4) is 5.75 Å². The number of hydrazine groups is 1. The summed E-state index contributed by atoms with van der Waals surface area (Å²) in [7, 11) is 7.41. The lowest BCUT2D eigenvalue weighted by atomic mass is 10.1. The van der Waals surface area contributed by atoms with E-state index in [2.05, 4.69) is 24.2 Å². The zero-order valence-electron chi connectivity index (χ0n) is 15.4. The second-order valence-corrected chi connectivity index (χ2v) is 5.85. The number of rotatable bonds is 8. The third kappa shape index (κ3) is 5.32. The smallest absolute Gasteiger partial charge is 0.219 e. The lowest BCUT2D eigenvalue weighted by Gasteiger charge is -2.29. The van der Waals surface area contributed by atoms with Crippen molar-refractivity contribution in [2.75, 3.05) is 58.2 Å². The fraction of sp³-hybridized carbons (Fsp3) is 0.588. The number of hydrogen-bond donors (Lipinski definition) is 1. The summed E-state index contributed by atoms with van der Waals surface area (Å²) in [5.74, 6) is 0.895. The Morgan fingerprint density at radius 1 is 1.22 bits per heavy atom. The Hall–Kier alpha value is -1.95. The van der Waals surface area contributed by atoms with Crippen LogP contribution >= 0.6 is 0 Å². The van der Waals surface area contributed by atoms with Gasteiger partial charge in [0.25, 0.3) is 0 Å². The Morgan fingerprint density at radius 2 is 1.87 bits per heavy atom. The molecular weight excluding hydrogens is 292 g/mol. The van der Waals surface area contributed by atoms with Crippen LogP contribution in [-0.4, -0.2) is 63.7 Å². The molecule has 0 spiro atoms. The van der Waals surface area contributed by atoms with Crippen LogP contribution in [0.2, 0.25) is 0 Å². The molecule has 0 saturated heterocycles. The molecule has 1 aromatic rings. The molecule has 0 aliphatic rings. The van der Waals surface area contributed by atoms with Crippen molar-refractivity contribution in [2.45, 2.75) is 20.8 Å². The van der Waals surface area contributed by atoms with Gasteiger partial charge in [0.15, 0.2) is 0 Å². The van der Waals surface area contributed by atoms with Gasteiger partial charge in [0.1, 0.15) is 5.75 Å². The predicted octanol–water partition coefficient (Wildman–Crippen LogP) is 2.20. The number of carbonyl (C=O) groups excluding carboxylic acids is 1. The molecule has 0 bridgehead atoms. The molecule has 1 amide bonds. The molecule has 0 fully saturated rings. The average molecular weight is 322 g/mol. The highest BCUT2D eigenvalue weighted by molar-refractivity contribution is 5.73. The van der Waals surface area contributed by atoms with Gasteiger partial charge in [-0.2, -0.15) is 0 Å². The number of likely N-dealkylation sites (N-methyl/N-ethyl adjacent to an activating group) is 2. The zero-order chi connectivity index (χ0) is 17.6. The van der Waals surface area contributed by atoms with Gasteiger partial charge < -0.3 is 20.0 Å². The Kier molecular flexibility index (Phi) is 7.16. The number of carbonyl (C=O) groups is 1. The monoisotopic (exact) mass is 322 g/mol. The summed E-state index contributed by atoms with van der Waals surface area (Å²) in [6, 6.07) is 4.04. The first-order valence-corrected chi connectivity index (χ1v) is 7.89. The molecule has 0 heterocycles. The minimum atomic E-state index is 0.0818. The molecule has 0 aromatic heterocycles. The van der Waals surface area contributed by atoms with E-state index in [9.17, 15) is 4.79 Å². The van der Waals surface area contributed by atoms with Crippen molar-refractivity contribution in [1.29, 1.82) is 0 Å². The fourth-order valence-electron chi connectivity index (χ4n) is 2.35. The lowest BCUT2D eigenvalue weighted by molar-refractivity contribution is -0.127. The minimum absolute atomic E-state index is 0.0818. The number of benzene rings is 1. The number of nitrogens with zero attached hydrogens (tertiary/aromatic N) is 3. The SMILES string of the molecule is CCN(CCN(C)C(C)=O)c1cc(OC)cc(NN(C)C)c1C. The summed E-state index contributed by atoms with van der Waals surface area (Å²) in [5, 5.41) is 1.91.